The number of anilines is 2. The molecule has 0 unspecified atom stereocenters. The Morgan fingerprint density at radius 1 is 1.09 bits per heavy atom. The molecule has 1 aliphatic rings. The third-order valence-corrected chi connectivity index (χ3v) is 9.52. The van der Waals surface area contributed by atoms with Crippen molar-refractivity contribution in [1.82, 2.24) is 34.6 Å². The summed E-state index contributed by atoms with van der Waals surface area (Å²) < 4.78 is 30.8. The van der Waals surface area contributed by atoms with Crippen LogP contribution in [-0.4, -0.2) is 95.6 Å². The van der Waals surface area contributed by atoms with Gasteiger partial charge in [0.1, 0.15) is 12.3 Å². The smallest absolute Gasteiger partial charge is 0.317 e. The lowest BCUT2D eigenvalue weighted by Crippen LogP contribution is -2.42. The van der Waals surface area contributed by atoms with Crippen molar-refractivity contribution >= 4 is 61.7 Å². The van der Waals surface area contributed by atoms with E-state index in [1.165, 1.54) is 9.47 Å². The molecule has 4 heterocycles. The Morgan fingerprint density at radius 2 is 1.80 bits per heavy atom. The average Bonchev–Trinajstić information content (AvgIpc) is 3.00. The number of hydrogen-bond donors (Lipinski definition) is 2. The van der Waals surface area contributed by atoms with Crippen LogP contribution < -0.4 is 20.9 Å². The highest BCUT2D eigenvalue weighted by Gasteiger charge is 2.22. The van der Waals surface area contributed by atoms with Crippen LogP contribution in [0.25, 0.3) is 22.2 Å². The van der Waals surface area contributed by atoms with Gasteiger partial charge < -0.3 is 20.3 Å². The van der Waals surface area contributed by atoms with Crippen LogP contribution in [-0.2, 0) is 23.4 Å². The molecule has 0 atom stereocenters. The SMILES string of the molecule is CN(C)C(=O)NCc1cc(Nc2ncc3cc(-c4c(Cl)cccc4Cl)c(=O)n(C)c3n2)cnc1OCCN1CCS(=O)(=O)CC1. The third kappa shape index (κ3) is 7.64. The molecule has 16 heteroatoms. The second-order valence-corrected chi connectivity index (χ2v) is 13.8. The van der Waals surface area contributed by atoms with Crippen molar-refractivity contribution in [2.75, 3.05) is 57.2 Å². The maximum atomic E-state index is 13.3. The standard InChI is InChI=1S/C29H32Cl2N8O5S/c1-37(2)29(41)34-16-19-13-20(17-32-26(19)44-10-7-39-8-11-45(42,43)12-9-39)35-28-33-15-18-14-21(27(40)38(3)25(18)36-28)24-22(30)5-4-6-23(24)31/h4-6,13-15,17H,7-12,16H2,1-3H3,(H,34,41)(H,33,35,36). The number of pyridine rings is 2. The molecule has 3 aromatic heterocycles. The second kappa shape index (κ2) is 13.6. The minimum absolute atomic E-state index is 0.134. The molecule has 2 N–H and O–H groups in total. The lowest BCUT2D eigenvalue weighted by Gasteiger charge is -2.26. The van der Waals surface area contributed by atoms with E-state index in [4.69, 9.17) is 27.9 Å². The summed E-state index contributed by atoms with van der Waals surface area (Å²) in [5, 5.41) is 7.26. The maximum Gasteiger partial charge on any atom is 0.317 e. The molecule has 1 fully saturated rings. The van der Waals surface area contributed by atoms with E-state index < -0.39 is 9.84 Å². The predicted octanol–water partition coefficient (Wildman–Crippen LogP) is 3.32. The second-order valence-electron chi connectivity index (χ2n) is 10.7. The predicted molar refractivity (Wildman–Crippen MR) is 174 cm³/mol. The fourth-order valence-electron chi connectivity index (χ4n) is 4.77. The van der Waals surface area contributed by atoms with Gasteiger partial charge in [0, 0.05) is 70.0 Å². The molecule has 0 bridgehead atoms. The number of nitrogens with one attached hydrogen (secondary N) is 2. The number of hydrogen-bond acceptors (Lipinski definition) is 10. The zero-order chi connectivity index (χ0) is 32.3. The summed E-state index contributed by atoms with van der Waals surface area (Å²) in [7, 11) is 1.91. The van der Waals surface area contributed by atoms with E-state index in [0.717, 1.165) is 0 Å². The highest BCUT2D eigenvalue weighted by molar-refractivity contribution is 7.91. The Kier molecular flexibility index (Phi) is 9.77. The zero-order valence-electron chi connectivity index (χ0n) is 24.9. The van der Waals surface area contributed by atoms with Crippen LogP contribution in [0.5, 0.6) is 5.88 Å². The average molecular weight is 676 g/mol. The molecule has 13 nitrogen and oxygen atoms in total. The van der Waals surface area contributed by atoms with Crippen LogP contribution in [0.2, 0.25) is 10.0 Å². The van der Waals surface area contributed by atoms with Crippen LogP contribution >= 0.6 is 23.2 Å². The van der Waals surface area contributed by atoms with E-state index >= 15 is 0 Å². The molecule has 0 radical (unpaired) electrons. The minimum atomic E-state index is -2.97. The number of amides is 2. The van der Waals surface area contributed by atoms with Crippen LogP contribution in [0, 0.1) is 0 Å². The first-order chi connectivity index (χ1) is 21.4. The normalized spacial score (nSPS) is 14.7. The van der Waals surface area contributed by atoms with Gasteiger partial charge in [0.05, 0.1) is 39.0 Å². The third-order valence-electron chi connectivity index (χ3n) is 7.28. The highest BCUT2D eigenvalue weighted by atomic mass is 35.5. The molecular formula is C29H32Cl2N8O5S. The number of ether oxygens (including phenoxy) is 1. The summed E-state index contributed by atoms with van der Waals surface area (Å²) >= 11 is 12.7. The molecule has 0 spiro atoms. The van der Waals surface area contributed by atoms with Crippen molar-refractivity contribution in [3.63, 3.8) is 0 Å². The van der Waals surface area contributed by atoms with Crippen LogP contribution in [0.15, 0.2) is 47.5 Å². The Labute approximate surface area is 270 Å². The number of sulfone groups is 1. The number of fused-ring (bicyclic) bond motifs is 1. The molecule has 1 aliphatic heterocycles. The van der Waals surface area contributed by atoms with Gasteiger partial charge in [0.25, 0.3) is 5.56 Å². The number of carbonyl (C=O) groups is 1. The number of rotatable bonds is 9. The number of carbonyl (C=O) groups excluding carboxylic acids is 1. The van der Waals surface area contributed by atoms with Gasteiger partial charge in [0.15, 0.2) is 9.84 Å². The van der Waals surface area contributed by atoms with Crippen LogP contribution in [0.3, 0.4) is 0 Å². The summed E-state index contributed by atoms with van der Waals surface area (Å²) in [4.78, 5) is 42.4. The molecule has 238 valence electrons. The number of nitrogens with zero attached hydrogens (tertiary/aromatic N) is 6. The lowest BCUT2D eigenvalue weighted by atomic mass is 10.1. The Balaban J connectivity index is 1.37. The van der Waals surface area contributed by atoms with Gasteiger partial charge in [-0.2, -0.15) is 4.98 Å². The molecule has 1 aromatic carbocycles. The topological polar surface area (TPSA) is 152 Å². The molecule has 2 amide bonds. The molecule has 45 heavy (non-hydrogen) atoms. The van der Waals surface area contributed by atoms with Gasteiger partial charge in [-0.1, -0.05) is 29.3 Å². The zero-order valence-corrected chi connectivity index (χ0v) is 27.2. The van der Waals surface area contributed by atoms with Crippen LogP contribution in [0.1, 0.15) is 5.56 Å². The first kappa shape index (κ1) is 32.4. The molecule has 0 saturated carbocycles. The fraction of sp³-hybridized carbons (Fsp3) is 0.345. The molecule has 5 rings (SSSR count). The van der Waals surface area contributed by atoms with Crippen molar-refractivity contribution in [1.29, 1.82) is 0 Å². The van der Waals surface area contributed by atoms with Crippen molar-refractivity contribution in [3.8, 4) is 17.0 Å². The quantitative estimate of drug-likeness (QED) is 0.270. The minimum Gasteiger partial charge on any atom is -0.476 e. The van der Waals surface area contributed by atoms with Gasteiger partial charge in [-0.3, -0.25) is 14.3 Å². The Bertz CT molecular complexity index is 1880. The highest BCUT2D eigenvalue weighted by Crippen LogP contribution is 2.34. The van der Waals surface area contributed by atoms with Gasteiger partial charge in [0.2, 0.25) is 11.8 Å². The van der Waals surface area contributed by atoms with Gasteiger partial charge in [-0.15, -0.1) is 0 Å². The first-order valence-electron chi connectivity index (χ1n) is 14.0. The van der Waals surface area contributed by atoms with Gasteiger partial charge in [-0.25, -0.2) is 23.2 Å². The van der Waals surface area contributed by atoms with Gasteiger partial charge in [-0.05, 0) is 24.3 Å². The summed E-state index contributed by atoms with van der Waals surface area (Å²) in [6.07, 6.45) is 3.14. The van der Waals surface area contributed by atoms with Crippen molar-refractivity contribution in [2.24, 2.45) is 7.05 Å². The summed E-state index contributed by atoms with van der Waals surface area (Å²) in [6, 6.07) is 8.19. The first-order valence-corrected chi connectivity index (χ1v) is 16.6. The fourth-order valence-corrected chi connectivity index (χ4v) is 6.65. The molecular weight excluding hydrogens is 643 g/mol. The number of benzene rings is 1. The number of urea groups is 1. The Hall–Kier alpha value is -3.98. The maximum absolute atomic E-state index is 13.3. The largest absolute Gasteiger partial charge is 0.476 e. The molecule has 0 aliphatic carbocycles. The van der Waals surface area contributed by atoms with Crippen molar-refractivity contribution < 1.29 is 17.9 Å². The van der Waals surface area contributed by atoms with E-state index in [1.54, 1.807) is 63.9 Å². The van der Waals surface area contributed by atoms with E-state index in [0.29, 0.717) is 69.0 Å². The van der Waals surface area contributed by atoms with Crippen molar-refractivity contribution in [3.05, 3.63) is 68.7 Å². The van der Waals surface area contributed by atoms with Crippen LogP contribution in [0.4, 0.5) is 16.4 Å². The number of halogens is 2. The van der Waals surface area contributed by atoms with Crippen molar-refractivity contribution in [2.45, 2.75) is 6.54 Å². The number of aryl methyl sites for hydroxylation is 1. The monoisotopic (exact) mass is 674 g/mol. The number of aromatic nitrogens is 4. The molecule has 4 aromatic rings. The lowest BCUT2D eigenvalue weighted by molar-refractivity contribution is 0.211. The summed E-state index contributed by atoms with van der Waals surface area (Å²) in [5.41, 5.74) is 1.97. The molecule has 1 saturated heterocycles. The van der Waals surface area contributed by atoms with E-state index in [9.17, 15) is 18.0 Å². The summed E-state index contributed by atoms with van der Waals surface area (Å²) in [5.74, 6) is 0.821. The Morgan fingerprint density at radius 3 is 2.49 bits per heavy atom. The van der Waals surface area contributed by atoms with E-state index in [2.05, 4.69) is 25.6 Å². The van der Waals surface area contributed by atoms with E-state index in [-0.39, 0.29) is 42.2 Å². The summed E-state index contributed by atoms with van der Waals surface area (Å²) in [6.45, 7) is 1.88. The van der Waals surface area contributed by atoms with E-state index in [1.807, 2.05) is 4.90 Å². The van der Waals surface area contributed by atoms with Gasteiger partial charge >= 0.3 is 6.03 Å².